The second kappa shape index (κ2) is 7.52. The quantitative estimate of drug-likeness (QED) is 0.538. The molecule has 5 nitrogen and oxygen atoms in total. The minimum absolute atomic E-state index is 0.268. The number of fused-ring (bicyclic) bond motifs is 1. The summed E-state index contributed by atoms with van der Waals surface area (Å²) in [5, 5.41) is 3.65. The van der Waals surface area contributed by atoms with Gasteiger partial charge in [-0.15, -0.1) is 0 Å². The summed E-state index contributed by atoms with van der Waals surface area (Å²) in [6.45, 7) is 0. The Balaban J connectivity index is 1.73. The van der Waals surface area contributed by atoms with Crippen molar-refractivity contribution < 1.29 is 13.9 Å². The van der Waals surface area contributed by atoms with Crippen molar-refractivity contribution in [2.24, 2.45) is 0 Å². The first-order valence-electron chi connectivity index (χ1n) is 8.79. The molecule has 1 amide bonds. The number of methoxy groups -OCH3 is 1. The lowest BCUT2D eigenvalue weighted by Crippen LogP contribution is -2.13. The Kier molecular flexibility index (Phi) is 4.76. The second-order valence-corrected chi connectivity index (χ2v) is 6.37. The predicted octanol–water partition coefficient (Wildman–Crippen LogP) is 4.55. The maximum atomic E-state index is 13.2. The summed E-state index contributed by atoms with van der Waals surface area (Å²) < 4.78 is 18.8. The molecule has 140 valence electrons. The molecule has 28 heavy (non-hydrogen) atoms. The van der Waals surface area contributed by atoms with Crippen molar-refractivity contribution in [3.8, 4) is 5.75 Å². The number of hydrogen-bond donors (Lipinski definition) is 2. The van der Waals surface area contributed by atoms with Crippen molar-refractivity contribution in [1.29, 1.82) is 0 Å². The zero-order valence-corrected chi connectivity index (χ0v) is 15.2. The normalized spacial score (nSPS) is 10.8. The van der Waals surface area contributed by atoms with Gasteiger partial charge < -0.3 is 15.0 Å². The Morgan fingerprint density at radius 3 is 2.68 bits per heavy atom. The number of carbonyl (C=O) groups excluding carboxylic acids is 1. The minimum atomic E-state index is -0.311. The molecule has 0 aliphatic heterocycles. The number of anilines is 1. The summed E-state index contributed by atoms with van der Waals surface area (Å²) in [4.78, 5) is 19.9. The van der Waals surface area contributed by atoms with E-state index in [-0.39, 0.29) is 11.7 Å². The van der Waals surface area contributed by atoms with E-state index in [9.17, 15) is 9.18 Å². The molecule has 6 heteroatoms. The van der Waals surface area contributed by atoms with Gasteiger partial charge in [-0.05, 0) is 47.9 Å². The molecule has 0 saturated carbocycles. The zero-order chi connectivity index (χ0) is 19.5. The number of benzene rings is 2. The van der Waals surface area contributed by atoms with Gasteiger partial charge in [-0.2, -0.15) is 0 Å². The van der Waals surface area contributed by atoms with E-state index in [0.29, 0.717) is 23.6 Å². The highest BCUT2D eigenvalue weighted by Gasteiger charge is 2.21. The molecule has 2 aromatic carbocycles. The third-order valence-corrected chi connectivity index (χ3v) is 4.52. The van der Waals surface area contributed by atoms with E-state index in [4.69, 9.17) is 4.74 Å². The number of aromatic amines is 1. The molecule has 4 rings (SSSR count). The van der Waals surface area contributed by atoms with Crippen LogP contribution in [0, 0.1) is 5.82 Å². The number of amides is 1. The number of pyridine rings is 1. The number of rotatable bonds is 5. The molecule has 0 radical (unpaired) electrons. The Morgan fingerprint density at radius 1 is 1.14 bits per heavy atom. The molecule has 0 aliphatic rings. The molecule has 0 spiro atoms. The molecule has 0 unspecified atom stereocenters. The van der Waals surface area contributed by atoms with Gasteiger partial charge in [0.25, 0.3) is 5.91 Å². The molecular formula is C22H18FN3O2. The lowest BCUT2D eigenvalue weighted by molar-refractivity contribution is 0.102. The first-order chi connectivity index (χ1) is 13.7. The number of ether oxygens (including phenoxy) is 1. The van der Waals surface area contributed by atoms with Crippen LogP contribution in [0.3, 0.4) is 0 Å². The minimum Gasteiger partial charge on any atom is -0.494 e. The van der Waals surface area contributed by atoms with Gasteiger partial charge in [0, 0.05) is 11.6 Å². The molecule has 0 aliphatic carbocycles. The van der Waals surface area contributed by atoms with Gasteiger partial charge in [-0.3, -0.25) is 9.78 Å². The summed E-state index contributed by atoms with van der Waals surface area (Å²) in [5.74, 6) is -0.0987. The van der Waals surface area contributed by atoms with Crippen LogP contribution in [-0.2, 0) is 6.42 Å². The molecule has 2 aromatic heterocycles. The third kappa shape index (κ3) is 3.44. The molecular weight excluding hydrogens is 357 g/mol. The third-order valence-electron chi connectivity index (χ3n) is 4.52. The topological polar surface area (TPSA) is 67.0 Å². The molecule has 2 N–H and O–H groups in total. The number of halogens is 1. The number of nitrogens with one attached hydrogen (secondary N) is 2. The summed E-state index contributed by atoms with van der Waals surface area (Å²) in [6, 6.07) is 15.7. The molecule has 0 fully saturated rings. The van der Waals surface area contributed by atoms with Crippen LogP contribution in [0.15, 0.2) is 67.0 Å². The highest BCUT2D eigenvalue weighted by atomic mass is 19.1. The number of H-pyrrole nitrogens is 1. The first-order valence-corrected chi connectivity index (χ1v) is 8.79. The van der Waals surface area contributed by atoms with Crippen molar-refractivity contribution in [3.05, 3.63) is 89.6 Å². The van der Waals surface area contributed by atoms with Crippen LogP contribution in [-0.4, -0.2) is 23.0 Å². The van der Waals surface area contributed by atoms with Gasteiger partial charge in [0.15, 0.2) is 5.75 Å². The van der Waals surface area contributed by atoms with Gasteiger partial charge in [0.2, 0.25) is 0 Å². The first kappa shape index (κ1) is 17.7. The van der Waals surface area contributed by atoms with E-state index in [0.717, 1.165) is 22.0 Å². The van der Waals surface area contributed by atoms with Crippen LogP contribution in [0.25, 0.3) is 10.9 Å². The van der Waals surface area contributed by atoms with Crippen LogP contribution < -0.4 is 10.1 Å². The summed E-state index contributed by atoms with van der Waals surface area (Å²) in [6.07, 6.45) is 3.81. The van der Waals surface area contributed by atoms with Crippen LogP contribution in [0.2, 0.25) is 0 Å². The molecule has 0 bridgehead atoms. The fourth-order valence-electron chi connectivity index (χ4n) is 3.25. The molecule has 2 heterocycles. The van der Waals surface area contributed by atoms with Gasteiger partial charge in [0.05, 0.1) is 24.5 Å². The van der Waals surface area contributed by atoms with Crippen LogP contribution in [0.1, 0.15) is 21.6 Å². The van der Waals surface area contributed by atoms with E-state index >= 15 is 0 Å². The van der Waals surface area contributed by atoms with E-state index in [1.807, 2.05) is 18.2 Å². The highest BCUT2D eigenvalue weighted by Crippen LogP contribution is 2.34. The lowest BCUT2D eigenvalue weighted by atomic mass is 10.0. The Labute approximate surface area is 161 Å². The molecule has 0 saturated heterocycles. The summed E-state index contributed by atoms with van der Waals surface area (Å²) >= 11 is 0. The maximum Gasteiger partial charge on any atom is 0.276 e. The van der Waals surface area contributed by atoms with Crippen molar-refractivity contribution in [1.82, 2.24) is 9.97 Å². The number of aromatic nitrogens is 2. The van der Waals surface area contributed by atoms with E-state index < -0.39 is 0 Å². The van der Waals surface area contributed by atoms with Gasteiger partial charge >= 0.3 is 0 Å². The van der Waals surface area contributed by atoms with Crippen LogP contribution in [0.5, 0.6) is 5.75 Å². The van der Waals surface area contributed by atoms with Crippen molar-refractivity contribution in [2.45, 2.75) is 6.42 Å². The largest absolute Gasteiger partial charge is 0.494 e. The maximum absolute atomic E-state index is 13.2. The zero-order valence-electron chi connectivity index (χ0n) is 15.2. The number of hydrogen-bond acceptors (Lipinski definition) is 3. The van der Waals surface area contributed by atoms with Crippen molar-refractivity contribution in [3.63, 3.8) is 0 Å². The molecule has 4 aromatic rings. The van der Waals surface area contributed by atoms with Gasteiger partial charge in [0.1, 0.15) is 11.5 Å². The van der Waals surface area contributed by atoms with Crippen LogP contribution in [0.4, 0.5) is 10.1 Å². The SMILES string of the molecule is COc1c(C(=O)Nc2cccnc2)[nH]c2cccc(Cc3ccc(F)cc3)c12. The van der Waals surface area contributed by atoms with Gasteiger partial charge in [-0.25, -0.2) is 4.39 Å². The fourth-order valence-corrected chi connectivity index (χ4v) is 3.25. The highest BCUT2D eigenvalue weighted by molar-refractivity contribution is 6.10. The summed E-state index contributed by atoms with van der Waals surface area (Å²) in [5.41, 5.74) is 3.69. The second-order valence-electron chi connectivity index (χ2n) is 6.37. The van der Waals surface area contributed by atoms with E-state index in [2.05, 4.69) is 15.3 Å². The average Bonchev–Trinajstić information content (AvgIpc) is 3.10. The standard InChI is InChI=1S/C22H18FN3O2/c1-28-21-19-15(12-14-7-9-16(23)10-8-14)4-2-6-18(19)26-20(21)22(27)25-17-5-3-11-24-13-17/h2-11,13,26H,12H2,1H3,(H,25,27). The number of carbonyl (C=O) groups is 1. The monoisotopic (exact) mass is 375 g/mol. The van der Waals surface area contributed by atoms with Crippen LogP contribution >= 0.6 is 0 Å². The fraction of sp³-hybridized carbons (Fsp3) is 0.0909. The predicted molar refractivity (Wildman–Crippen MR) is 106 cm³/mol. The smallest absolute Gasteiger partial charge is 0.276 e. The summed E-state index contributed by atoms with van der Waals surface area (Å²) in [7, 11) is 1.54. The molecule has 0 atom stereocenters. The lowest BCUT2D eigenvalue weighted by Gasteiger charge is -2.08. The Hall–Kier alpha value is -3.67. The van der Waals surface area contributed by atoms with Gasteiger partial charge in [-0.1, -0.05) is 24.3 Å². The Bertz CT molecular complexity index is 1120. The van der Waals surface area contributed by atoms with Crippen molar-refractivity contribution in [2.75, 3.05) is 12.4 Å². The van der Waals surface area contributed by atoms with E-state index in [1.54, 1.807) is 36.7 Å². The Morgan fingerprint density at radius 2 is 1.96 bits per heavy atom. The van der Waals surface area contributed by atoms with Crippen molar-refractivity contribution >= 4 is 22.5 Å². The van der Waals surface area contributed by atoms with E-state index in [1.165, 1.54) is 19.2 Å². The number of nitrogens with zero attached hydrogens (tertiary/aromatic N) is 1. The average molecular weight is 375 g/mol.